The molecule has 6 heteroatoms. The number of aromatic nitrogens is 1. The average Bonchev–Trinajstić information content (AvgIpc) is 2.91. The molecule has 3 aromatic carbocycles. The lowest BCUT2D eigenvalue weighted by molar-refractivity contribution is -0.146. The third kappa shape index (κ3) is 5.49. The highest BCUT2D eigenvalue weighted by atomic mass is 16.5. The lowest BCUT2D eigenvalue weighted by Gasteiger charge is -2.39. The van der Waals surface area contributed by atoms with E-state index in [0.717, 1.165) is 27.9 Å². The summed E-state index contributed by atoms with van der Waals surface area (Å²) in [6, 6.07) is 32.1. The predicted octanol–water partition coefficient (Wildman–Crippen LogP) is 5.52. The van der Waals surface area contributed by atoms with Crippen LogP contribution in [0.5, 0.6) is 11.8 Å². The molecule has 0 N–H and O–H groups in total. The molecule has 1 aliphatic rings. The van der Waals surface area contributed by atoms with Gasteiger partial charge in [0.25, 0.3) is 0 Å². The van der Waals surface area contributed by atoms with Crippen molar-refractivity contribution in [2.24, 2.45) is 5.92 Å². The number of benzene rings is 3. The summed E-state index contributed by atoms with van der Waals surface area (Å²) in [7, 11) is 1.43. The van der Waals surface area contributed by atoms with Gasteiger partial charge in [0.1, 0.15) is 13.2 Å². The number of methoxy groups -OCH3 is 1. The van der Waals surface area contributed by atoms with E-state index < -0.39 is 0 Å². The van der Waals surface area contributed by atoms with Crippen molar-refractivity contribution in [2.75, 3.05) is 25.1 Å². The van der Waals surface area contributed by atoms with Crippen molar-refractivity contribution in [1.82, 2.24) is 4.98 Å². The molecule has 0 saturated carbocycles. The topological polar surface area (TPSA) is 60.9 Å². The molecule has 1 fully saturated rings. The van der Waals surface area contributed by atoms with Crippen LogP contribution in [-0.2, 0) is 22.7 Å². The Bertz CT molecular complexity index is 1290. The lowest BCUT2D eigenvalue weighted by atomic mass is 9.98. The third-order valence-electron chi connectivity index (χ3n) is 6.24. The van der Waals surface area contributed by atoms with Crippen molar-refractivity contribution in [3.63, 3.8) is 0 Å². The molecule has 6 nitrogen and oxygen atoms in total. The van der Waals surface area contributed by atoms with E-state index in [4.69, 9.17) is 19.2 Å². The maximum absolute atomic E-state index is 11.7. The predicted molar refractivity (Wildman–Crippen MR) is 139 cm³/mol. The number of hydrogen-bond donors (Lipinski definition) is 0. The van der Waals surface area contributed by atoms with Crippen LogP contribution in [0.15, 0.2) is 97.1 Å². The number of anilines is 1. The van der Waals surface area contributed by atoms with Gasteiger partial charge in [0.05, 0.1) is 13.0 Å². The van der Waals surface area contributed by atoms with Crippen LogP contribution < -0.4 is 14.4 Å². The highest BCUT2D eigenvalue weighted by molar-refractivity contribution is 5.77. The number of carbonyl (C=O) groups is 1. The quantitative estimate of drug-likeness (QED) is 0.294. The Hall–Kier alpha value is -4.32. The molecule has 5 rings (SSSR count). The third-order valence-corrected chi connectivity index (χ3v) is 6.24. The molecule has 1 aliphatic heterocycles. The number of nitrogens with zero attached hydrogens (tertiary/aromatic N) is 2. The maximum atomic E-state index is 11.7. The van der Waals surface area contributed by atoms with E-state index >= 15 is 0 Å². The monoisotopic (exact) mass is 480 g/mol. The highest BCUT2D eigenvalue weighted by Gasteiger charge is 2.33. The fraction of sp³-hybridized carbons (Fsp3) is 0.200. The summed E-state index contributed by atoms with van der Waals surface area (Å²) >= 11 is 0. The molecule has 36 heavy (non-hydrogen) atoms. The number of hydrogen-bond acceptors (Lipinski definition) is 6. The van der Waals surface area contributed by atoms with Gasteiger partial charge in [0.15, 0.2) is 0 Å². The lowest BCUT2D eigenvalue weighted by Crippen LogP contribution is -2.50. The van der Waals surface area contributed by atoms with Gasteiger partial charge in [-0.1, -0.05) is 72.8 Å². The van der Waals surface area contributed by atoms with Crippen LogP contribution in [0, 0.1) is 5.92 Å². The van der Waals surface area contributed by atoms with Crippen LogP contribution in [0.3, 0.4) is 0 Å². The van der Waals surface area contributed by atoms with Crippen molar-refractivity contribution in [2.45, 2.75) is 13.2 Å². The zero-order chi connectivity index (χ0) is 24.7. The summed E-state index contributed by atoms with van der Waals surface area (Å²) in [5, 5.41) is 0. The first-order chi connectivity index (χ1) is 17.7. The SMILES string of the molecule is COC(=O)C1CN(c2ccc(-c3ccc(OCc4ccccc4)nc3OCc3ccccc3)cc2)C1. The molecule has 0 aliphatic carbocycles. The van der Waals surface area contributed by atoms with E-state index in [0.29, 0.717) is 38.1 Å². The Labute approximate surface area is 211 Å². The Morgan fingerprint density at radius 2 is 1.42 bits per heavy atom. The fourth-order valence-electron chi connectivity index (χ4n) is 4.15. The first kappa shape index (κ1) is 23.4. The second-order valence-electron chi connectivity index (χ2n) is 8.72. The smallest absolute Gasteiger partial charge is 0.312 e. The van der Waals surface area contributed by atoms with Crippen molar-refractivity contribution >= 4 is 11.7 Å². The fourth-order valence-corrected chi connectivity index (χ4v) is 4.15. The Morgan fingerprint density at radius 3 is 2.03 bits per heavy atom. The summed E-state index contributed by atoms with van der Waals surface area (Å²) in [4.78, 5) is 18.5. The van der Waals surface area contributed by atoms with Gasteiger partial charge in [0.2, 0.25) is 11.8 Å². The Morgan fingerprint density at radius 1 is 0.806 bits per heavy atom. The molecule has 1 aromatic heterocycles. The minimum absolute atomic E-state index is 0.0553. The first-order valence-corrected chi connectivity index (χ1v) is 12.0. The summed E-state index contributed by atoms with van der Waals surface area (Å²) in [5.41, 5.74) is 5.09. The Kier molecular flexibility index (Phi) is 7.12. The molecule has 0 atom stereocenters. The van der Waals surface area contributed by atoms with E-state index in [9.17, 15) is 4.79 Å². The second-order valence-corrected chi connectivity index (χ2v) is 8.72. The van der Waals surface area contributed by atoms with Gasteiger partial charge in [-0.05, 0) is 34.9 Å². The molecule has 0 unspecified atom stereocenters. The van der Waals surface area contributed by atoms with Crippen molar-refractivity contribution in [3.8, 4) is 22.9 Å². The van der Waals surface area contributed by atoms with E-state index in [1.165, 1.54) is 7.11 Å². The van der Waals surface area contributed by atoms with Gasteiger partial charge in [-0.3, -0.25) is 4.79 Å². The van der Waals surface area contributed by atoms with Gasteiger partial charge >= 0.3 is 5.97 Å². The summed E-state index contributed by atoms with van der Waals surface area (Å²) in [5.74, 6) is 0.826. The minimum Gasteiger partial charge on any atom is -0.473 e. The molecule has 0 bridgehead atoms. The normalized spacial score (nSPS) is 13.1. The van der Waals surface area contributed by atoms with Gasteiger partial charge in [-0.25, -0.2) is 0 Å². The molecule has 4 aromatic rings. The summed E-state index contributed by atoms with van der Waals surface area (Å²) < 4.78 is 17.0. The van der Waals surface area contributed by atoms with Crippen LogP contribution in [0.2, 0.25) is 0 Å². The van der Waals surface area contributed by atoms with Gasteiger partial charge in [-0.15, -0.1) is 0 Å². The second kappa shape index (κ2) is 11.0. The molecule has 0 spiro atoms. The van der Waals surface area contributed by atoms with Crippen LogP contribution in [0.1, 0.15) is 11.1 Å². The number of rotatable bonds is 9. The van der Waals surface area contributed by atoms with Crippen LogP contribution in [-0.4, -0.2) is 31.2 Å². The first-order valence-electron chi connectivity index (χ1n) is 12.0. The largest absolute Gasteiger partial charge is 0.473 e. The van der Waals surface area contributed by atoms with Gasteiger partial charge < -0.3 is 19.1 Å². The van der Waals surface area contributed by atoms with E-state index in [1.807, 2.05) is 72.8 Å². The van der Waals surface area contributed by atoms with E-state index in [1.54, 1.807) is 0 Å². The van der Waals surface area contributed by atoms with Gasteiger partial charge in [-0.2, -0.15) is 4.98 Å². The van der Waals surface area contributed by atoms with E-state index in [2.05, 4.69) is 29.2 Å². The molecule has 0 amide bonds. The molecule has 2 heterocycles. The maximum Gasteiger partial charge on any atom is 0.312 e. The van der Waals surface area contributed by atoms with E-state index in [-0.39, 0.29) is 11.9 Å². The number of esters is 1. The number of carbonyl (C=O) groups excluding carboxylic acids is 1. The molecule has 0 radical (unpaired) electrons. The van der Waals surface area contributed by atoms with Crippen LogP contribution in [0.4, 0.5) is 5.69 Å². The highest BCUT2D eigenvalue weighted by Crippen LogP contribution is 2.34. The zero-order valence-corrected chi connectivity index (χ0v) is 20.2. The average molecular weight is 481 g/mol. The molecule has 182 valence electrons. The molecule has 1 saturated heterocycles. The molecular weight excluding hydrogens is 452 g/mol. The summed E-state index contributed by atoms with van der Waals surface area (Å²) in [6.45, 7) is 2.19. The number of ether oxygens (including phenoxy) is 3. The standard InChI is InChI=1S/C30H28N2O4/c1-34-30(33)25-18-32(19-25)26-14-12-24(13-15-26)27-16-17-28(35-20-22-8-4-2-5-9-22)31-29(27)36-21-23-10-6-3-7-11-23/h2-17,25H,18-21H2,1H3. The van der Waals surface area contributed by atoms with Crippen LogP contribution in [0.25, 0.3) is 11.1 Å². The number of pyridine rings is 1. The minimum atomic E-state index is -0.149. The molecular formula is C30H28N2O4. The Balaban J connectivity index is 1.34. The van der Waals surface area contributed by atoms with Crippen molar-refractivity contribution in [3.05, 3.63) is 108 Å². The van der Waals surface area contributed by atoms with Crippen LogP contribution >= 0.6 is 0 Å². The summed E-state index contributed by atoms with van der Waals surface area (Å²) in [6.07, 6.45) is 0. The zero-order valence-electron chi connectivity index (χ0n) is 20.2. The van der Waals surface area contributed by atoms with Crippen molar-refractivity contribution < 1.29 is 19.0 Å². The van der Waals surface area contributed by atoms with Crippen molar-refractivity contribution in [1.29, 1.82) is 0 Å². The van der Waals surface area contributed by atoms with Gasteiger partial charge in [0, 0.05) is 30.4 Å².